The predicted molar refractivity (Wildman–Crippen MR) is 62.0 cm³/mol. The van der Waals surface area contributed by atoms with Gasteiger partial charge in [0.1, 0.15) is 5.52 Å². The summed E-state index contributed by atoms with van der Waals surface area (Å²) in [5.74, 6) is 1.23. The van der Waals surface area contributed by atoms with Crippen molar-refractivity contribution in [3.8, 4) is 0 Å². The van der Waals surface area contributed by atoms with Gasteiger partial charge in [0.25, 0.3) is 0 Å². The molecule has 0 radical (unpaired) electrons. The highest BCUT2D eigenvalue weighted by Gasteiger charge is 2.10. The van der Waals surface area contributed by atoms with Crippen molar-refractivity contribution in [2.24, 2.45) is 5.92 Å². The van der Waals surface area contributed by atoms with Gasteiger partial charge in [0.2, 0.25) is 0 Å². The number of aromatic nitrogens is 1. The van der Waals surface area contributed by atoms with Gasteiger partial charge in [-0.2, -0.15) is 0 Å². The molecule has 0 aliphatic heterocycles. The van der Waals surface area contributed by atoms with Gasteiger partial charge in [-0.15, -0.1) is 0 Å². The predicted octanol–water partition coefficient (Wildman–Crippen LogP) is 3.26. The van der Waals surface area contributed by atoms with Crippen LogP contribution >= 0.6 is 11.6 Å². The minimum atomic E-state index is 0.509. The third-order valence-electron chi connectivity index (χ3n) is 2.11. The Kier molecular flexibility index (Phi) is 2.57. The Morgan fingerprint density at radius 1 is 1.47 bits per heavy atom. The molecule has 0 saturated carbocycles. The van der Waals surface area contributed by atoms with E-state index < -0.39 is 0 Å². The number of oxazole rings is 1. The first-order valence-corrected chi connectivity index (χ1v) is 5.28. The molecule has 0 aliphatic rings. The van der Waals surface area contributed by atoms with Crippen LogP contribution in [0, 0.1) is 5.92 Å². The standard InChI is InChI=1S/C11H13ClN2O/c1-6(2)3-10-14-9-5-7(12)4-8(13)11(9)15-10/h4-6H,3,13H2,1-2H3. The van der Waals surface area contributed by atoms with Gasteiger partial charge in [0.05, 0.1) is 5.69 Å². The molecule has 1 heterocycles. The number of nitrogens with two attached hydrogens (primary N) is 1. The number of halogens is 1. The van der Waals surface area contributed by atoms with E-state index in [9.17, 15) is 0 Å². The third-order valence-corrected chi connectivity index (χ3v) is 2.33. The molecule has 2 N–H and O–H groups in total. The van der Waals surface area contributed by atoms with Gasteiger partial charge >= 0.3 is 0 Å². The van der Waals surface area contributed by atoms with E-state index >= 15 is 0 Å². The van der Waals surface area contributed by atoms with Crippen molar-refractivity contribution in [1.82, 2.24) is 4.98 Å². The van der Waals surface area contributed by atoms with Crippen LogP contribution in [0.2, 0.25) is 5.02 Å². The van der Waals surface area contributed by atoms with E-state index in [-0.39, 0.29) is 0 Å². The fourth-order valence-electron chi connectivity index (χ4n) is 1.51. The average molecular weight is 225 g/mol. The van der Waals surface area contributed by atoms with Gasteiger partial charge in [-0.05, 0) is 18.1 Å². The number of fused-ring (bicyclic) bond motifs is 1. The lowest BCUT2D eigenvalue weighted by atomic mass is 10.1. The number of benzene rings is 1. The van der Waals surface area contributed by atoms with Crippen molar-refractivity contribution in [3.05, 3.63) is 23.0 Å². The molecule has 1 aromatic carbocycles. The van der Waals surface area contributed by atoms with E-state index in [2.05, 4.69) is 18.8 Å². The molecule has 4 heteroatoms. The highest BCUT2D eigenvalue weighted by Crippen LogP contribution is 2.27. The first-order valence-electron chi connectivity index (χ1n) is 4.90. The van der Waals surface area contributed by atoms with Gasteiger partial charge < -0.3 is 10.2 Å². The van der Waals surface area contributed by atoms with Gasteiger partial charge in [0.15, 0.2) is 11.5 Å². The highest BCUT2D eigenvalue weighted by molar-refractivity contribution is 6.31. The summed E-state index contributed by atoms with van der Waals surface area (Å²) in [7, 11) is 0. The van der Waals surface area contributed by atoms with Crippen LogP contribution < -0.4 is 5.73 Å². The van der Waals surface area contributed by atoms with Crippen LogP contribution in [0.1, 0.15) is 19.7 Å². The van der Waals surface area contributed by atoms with E-state index in [1.165, 1.54) is 0 Å². The second kappa shape index (κ2) is 3.74. The molecule has 15 heavy (non-hydrogen) atoms. The van der Waals surface area contributed by atoms with Crippen LogP contribution in [0.3, 0.4) is 0 Å². The lowest BCUT2D eigenvalue weighted by Crippen LogP contribution is -1.93. The van der Waals surface area contributed by atoms with Crippen molar-refractivity contribution in [2.75, 3.05) is 5.73 Å². The van der Waals surface area contributed by atoms with Crippen LogP contribution in [0.4, 0.5) is 5.69 Å². The van der Waals surface area contributed by atoms with Gasteiger partial charge in [-0.3, -0.25) is 0 Å². The summed E-state index contributed by atoms with van der Waals surface area (Å²) in [5, 5.41) is 0.587. The van der Waals surface area contributed by atoms with Crippen molar-refractivity contribution in [1.29, 1.82) is 0 Å². The Bertz CT molecular complexity index is 491. The molecule has 3 nitrogen and oxygen atoms in total. The smallest absolute Gasteiger partial charge is 0.195 e. The Morgan fingerprint density at radius 3 is 2.87 bits per heavy atom. The fourth-order valence-corrected chi connectivity index (χ4v) is 1.73. The van der Waals surface area contributed by atoms with Gasteiger partial charge in [-0.1, -0.05) is 25.4 Å². The molecule has 2 rings (SSSR count). The number of nitrogen functional groups attached to an aromatic ring is 1. The minimum Gasteiger partial charge on any atom is -0.439 e. The summed E-state index contributed by atoms with van der Waals surface area (Å²) in [4.78, 5) is 4.34. The maximum absolute atomic E-state index is 5.88. The van der Waals surface area contributed by atoms with Crippen LogP contribution in [-0.4, -0.2) is 4.98 Å². The second-order valence-corrected chi connectivity index (χ2v) is 4.49. The zero-order chi connectivity index (χ0) is 11.0. The second-order valence-electron chi connectivity index (χ2n) is 4.05. The summed E-state index contributed by atoms with van der Waals surface area (Å²) >= 11 is 5.88. The molecule has 0 saturated heterocycles. The monoisotopic (exact) mass is 224 g/mol. The zero-order valence-electron chi connectivity index (χ0n) is 8.75. The zero-order valence-corrected chi connectivity index (χ0v) is 9.51. The molecule has 1 aromatic heterocycles. The first-order chi connectivity index (χ1) is 7.06. The number of anilines is 1. The topological polar surface area (TPSA) is 52.0 Å². The maximum Gasteiger partial charge on any atom is 0.195 e. The highest BCUT2D eigenvalue weighted by atomic mass is 35.5. The van der Waals surface area contributed by atoms with E-state index in [1.807, 2.05) is 0 Å². The van der Waals surface area contributed by atoms with E-state index in [0.29, 0.717) is 28.1 Å². The molecule has 0 fully saturated rings. The number of nitrogens with zero attached hydrogens (tertiary/aromatic N) is 1. The lowest BCUT2D eigenvalue weighted by molar-refractivity contribution is 0.483. The number of hydrogen-bond donors (Lipinski definition) is 1. The quantitative estimate of drug-likeness (QED) is 0.797. The molecule has 0 atom stereocenters. The normalized spacial score (nSPS) is 11.5. The molecule has 0 amide bonds. The average Bonchev–Trinajstić information content (AvgIpc) is 2.45. The SMILES string of the molecule is CC(C)Cc1nc2cc(Cl)cc(N)c2o1. The minimum absolute atomic E-state index is 0.509. The maximum atomic E-state index is 5.88. The van der Waals surface area contributed by atoms with Gasteiger partial charge in [0, 0.05) is 11.4 Å². The van der Waals surface area contributed by atoms with E-state index in [0.717, 1.165) is 11.9 Å². The first kappa shape index (κ1) is 10.3. The molecule has 80 valence electrons. The molecule has 0 bridgehead atoms. The van der Waals surface area contributed by atoms with Crippen molar-refractivity contribution in [3.63, 3.8) is 0 Å². The summed E-state index contributed by atoms with van der Waals surface area (Å²) in [6, 6.07) is 3.44. The third kappa shape index (κ3) is 2.07. The van der Waals surface area contributed by atoms with E-state index in [1.54, 1.807) is 12.1 Å². The Hall–Kier alpha value is -1.22. The van der Waals surface area contributed by atoms with Crippen LogP contribution in [0.5, 0.6) is 0 Å². The Balaban J connectivity index is 2.50. The largest absolute Gasteiger partial charge is 0.439 e. The van der Waals surface area contributed by atoms with E-state index in [4.69, 9.17) is 21.8 Å². The molecule has 2 aromatic rings. The molecular weight excluding hydrogens is 212 g/mol. The Labute approximate surface area is 93.2 Å². The summed E-state index contributed by atoms with van der Waals surface area (Å²) in [6.07, 6.45) is 0.811. The van der Waals surface area contributed by atoms with Crippen molar-refractivity contribution >= 4 is 28.4 Å². The molecule has 0 aliphatic carbocycles. The molecular formula is C11H13ClN2O. The summed E-state index contributed by atoms with van der Waals surface area (Å²) in [5.41, 5.74) is 7.69. The van der Waals surface area contributed by atoms with Crippen molar-refractivity contribution in [2.45, 2.75) is 20.3 Å². The lowest BCUT2D eigenvalue weighted by Gasteiger charge is -1.97. The van der Waals surface area contributed by atoms with Crippen LogP contribution in [0.25, 0.3) is 11.1 Å². The summed E-state index contributed by atoms with van der Waals surface area (Å²) in [6.45, 7) is 4.23. The van der Waals surface area contributed by atoms with Gasteiger partial charge in [-0.25, -0.2) is 4.98 Å². The van der Waals surface area contributed by atoms with Crippen molar-refractivity contribution < 1.29 is 4.42 Å². The number of hydrogen-bond acceptors (Lipinski definition) is 3. The summed E-state index contributed by atoms with van der Waals surface area (Å²) < 4.78 is 5.57. The van der Waals surface area contributed by atoms with Crippen LogP contribution in [-0.2, 0) is 6.42 Å². The Morgan fingerprint density at radius 2 is 2.20 bits per heavy atom. The number of rotatable bonds is 2. The fraction of sp³-hybridized carbons (Fsp3) is 0.364. The molecule has 0 unspecified atom stereocenters. The molecule has 0 spiro atoms. The van der Waals surface area contributed by atoms with Crippen LogP contribution in [0.15, 0.2) is 16.5 Å².